The van der Waals surface area contributed by atoms with Gasteiger partial charge in [-0.05, 0) is 38.0 Å². The lowest BCUT2D eigenvalue weighted by Gasteiger charge is -2.20. The van der Waals surface area contributed by atoms with Gasteiger partial charge in [0.15, 0.2) is 17.5 Å². The van der Waals surface area contributed by atoms with E-state index in [-0.39, 0.29) is 5.82 Å². The van der Waals surface area contributed by atoms with Crippen molar-refractivity contribution < 1.29 is 18.0 Å². The molecule has 7 heteroatoms. The number of carbonyl (C=O) groups excluding carboxylic acids is 1. The van der Waals surface area contributed by atoms with Crippen LogP contribution in [-0.2, 0) is 0 Å². The summed E-state index contributed by atoms with van der Waals surface area (Å²) in [7, 11) is 0. The van der Waals surface area contributed by atoms with Gasteiger partial charge < -0.3 is 10.2 Å². The van der Waals surface area contributed by atoms with Gasteiger partial charge in [0.25, 0.3) is 5.91 Å². The van der Waals surface area contributed by atoms with E-state index in [2.05, 4.69) is 10.3 Å². The van der Waals surface area contributed by atoms with E-state index < -0.39 is 34.6 Å². The van der Waals surface area contributed by atoms with Crippen LogP contribution in [0.3, 0.4) is 0 Å². The van der Waals surface area contributed by atoms with Crippen molar-refractivity contribution >= 4 is 17.4 Å². The van der Waals surface area contributed by atoms with Crippen LogP contribution < -0.4 is 10.2 Å². The first kappa shape index (κ1) is 16.3. The molecule has 126 valence electrons. The van der Waals surface area contributed by atoms with E-state index in [0.717, 1.165) is 18.9 Å². The Balaban J connectivity index is 1.92. The molecule has 1 fully saturated rings. The third-order valence-electron chi connectivity index (χ3n) is 3.93. The number of nitrogens with zero attached hydrogens (tertiary/aromatic N) is 2. The van der Waals surface area contributed by atoms with Crippen LogP contribution in [0.25, 0.3) is 0 Å². The second kappa shape index (κ2) is 6.51. The predicted octanol–water partition coefficient (Wildman–Crippen LogP) is 3.66. The molecule has 3 rings (SSSR count). The highest BCUT2D eigenvalue weighted by molar-refractivity contribution is 6.04. The Morgan fingerprint density at radius 2 is 1.88 bits per heavy atom. The van der Waals surface area contributed by atoms with Gasteiger partial charge in [0.1, 0.15) is 11.5 Å². The third kappa shape index (κ3) is 3.06. The molecule has 1 N–H and O–H groups in total. The third-order valence-corrected chi connectivity index (χ3v) is 3.93. The van der Waals surface area contributed by atoms with Gasteiger partial charge in [0.2, 0.25) is 0 Å². The number of nitrogens with one attached hydrogen (secondary N) is 1. The molecule has 1 aliphatic heterocycles. The highest BCUT2D eigenvalue weighted by atomic mass is 19.2. The van der Waals surface area contributed by atoms with Crippen molar-refractivity contribution in [1.29, 1.82) is 0 Å². The molecule has 1 aliphatic rings. The lowest BCUT2D eigenvalue weighted by atomic mass is 10.1. The molecule has 0 aliphatic carbocycles. The zero-order chi connectivity index (χ0) is 17.3. The predicted molar refractivity (Wildman–Crippen MR) is 84.7 cm³/mol. The molecule has 4 nitrogen and oxygen atoms in total. The average molecular weight is 335 g/mol. The number of halogens is 3. The molecule has 0 unspecified atom stereocenters. The summed E-state index contributed by atoms with van der Waals surface area (Å²) < 4.78 is 42.8. The van der Waals surface area contributed by atoms with Gasteiger partial charge in [-0.25, -0.2) is 18.2 Å². The van der Waals surface area contributed by atoms with Crippen molar-refractivity contribution in [2.24, 2.45) is 0 Å². The summed E-state index contributed by atoms with van der Waals surface area (Å²) in [6, 6.07) is 5.62. The molecule has 0 spiro atoms. The van der Waals surface area contributed by atoms with E-state index in [0.29, 0.717) is 18.8 Å². The Kier molecular flexibility index (Phi) is 4.42. The number of hydrogen-bond acceptors (Lipinski definition) is 3. The van der Waals surface area contributed by atoms with Gasteiger partial charge >= 0.3 is 0 Å². The van der Waals surface area contributed by atoms with Crippen LogP contribution in [0.5, 0.6) is 0 Å². The summed E-state index contributed by atoms with van der Waals surface area (Å²) in [6.45, 7) is 2.65. The van der Waals surface area contributed by atoms with Crippen LogP contribution in [-0.4, -0.2) is 24.0 Å². The minimum absolute atomic E-state index is 0.184. The molecule has 1 aromatic carbocycles. The largest absolute Gasteiger partial charge is 0.367 e. The standard InChI is InChI=1S/C17H16F3N3O/c1-10-5-4-6-13(21-10)22-17(24)11-9-12(18)16(15(20)14(11)19)23-7-2-3-8-23/h4-6,9H,2-3,7-8H2,1H3,(H,21,22,24). The fourth-order valence-corrected chi connectivity index (χ4v) is 2.78. The van der Waals surface area contributed by atoms with E-state index in [1.165, 1.54) is 11.0 Å². The zero-order valence-corrected chi connectivity index (χ0v) is 13.1. The smallest absolute Gasteiger partial charge is 0.260 e. The van der Waals surface area contributed by atoms with Gasteiger partial charge in [0.05, 0.1) is 5.56 Å². The Hall–Kier alpha value is -2.57. The SMILES string of the molecule is Cc1cccc(NC(=O)c2cc(F)c(N3CCCC3)c(F)c2F)n1. The Morgan fingerprint density at radius 1 is 1.17 bits per heavy atom. The molecule has 0 radical (unpaired) electrons. The number of benzene rings is 1. The number of aromatic nitrogens is 1. The molecule has 0 atom stereocenters. The fourth-order valence-electron chi connectivity index (χ4n) is 2.78. The second-order valence-electron chi connectivity index (χ2n) is 5.70. The van der Waals surface area contributed by atoms with E-state index in [4.69, 9.17) is 0 Å². The number of amides is 1. The molecule has 1 aromatic heterocycles. The Bertz CT molecular complexity index is 789. The topological polar surface area (TPSA) is 45.2 Å². The molecule has 2 heterocycles. The first-order chi connectivity index (χ1) is 11.5. The van der Waals surface area contributed by atoms with Gasteiger partial charge in [-0.15, -0.1) is 0 Å². The number of hydrogen-bond donors (Lipinski definition) is 1. The minimum atomic E-state index is -1.36. The summed E-state index contributed by atoms with van der Waals surface area (Å²) in [6.07, 6.45) is 1.59. The maximum atomic E-state index is 14.3. The highest BCUT2D eigenvalue weighted by Crippen LogP contribution is 2.30. The van der Waals surface area contributed by atoms with Crippen molar-refractivity contribution in [3.63, 3.8) is 0 Å². The molecule has 24 heavy (non-hydrogen) atoms. The van der Waals surface area contributed by atoms with Gasteiger partial charge in [-0.2, -0.15) is 0 Å². The van der Waals surface area contributed by atoms with E-state index in [1.807, 2.05) is 0 Å². The summed E-state index contributed by atoms with van der Waals surface area (Å²) in [5.41, 5.74) is -0.443. The highest BCUT2D eigenvalue weighted by Gasteiger charge is 2.27. The molecule has 1 amide bonds. The van der Waals surface area contributed by atoms with Crippen LogP contribution in [0.1, 0.15) is 28.9 Å². The van der Waals surface area contributed by atoms with Gasteiger partial charge in [0, 0.05) is 18.8 Å². The van der Waals surface area contributed by atoms with Gasteiger partial charge in [-0.3, -0.25) is 4.79 Å². The molecular weight excluding hydrogens is 319 g/mol. The number of anilines is 2. The first-order valence-electron chi connectivity index (χ1n) is 7.65. The quantitative estimate of drug-likeness (QED) is 0.871. The number of carbonyl (C=O) groups is 1. The van der Waals surface area contributed by atoms with E-state index in [9.17, 15) is 18.0 Å². The second-order valence-corrected chi connectivity index (χ2v) is 5.70. The minimum Gasteiger partial charge on any atom is -0.367 e. The summed E-state index contributed by atoms with van der Waals surface area (Å²) in [5, 5.41) is 2.35. The van der Waals surface area contributed by atoms with Crippen LogP contribution in [0, 0.1) is 24.4 Å². The van der Waals surface area contributed by atoms with E-state index >= 15 is 0 Å². The summed E-state index contributed by atoms with van der Waals surface area (Å²) in [4.78, 5) is 17.6. The maximum absolute atomic E-state index is 14.3. The van der Waals surface area contributed by atoms with Crippen LogP contribution in [0.4, 0.5) is 24.7 Å². The van der Waals surface area contributed by atoms with Crippen LogP contribution in [0.15, 0.2) is 24.3 Å². The summed E-state index contributed by atoms with van der Waals surface area (Å²) >= 11 is 0. The van der Waals surface area contributed by atoms with Crippen molar-refractivity contribution in [1.82, 2.24) is 4.98 Å². The van der Waals surface area contributed by atoms with Crippen LogP contribution in [0.2, 0.25) is 0 Å². The van der Waals surface area contributed by atoms with E-state index in [1.54, 1.807) is 19.1 Å². The van der Waals surface area contributed by atoms with Crippen molar-refractivity contribution in [3.8, 4) is 0 Å². The summed E-state index contributed by atoms with van der Waals surface area (Å²) in [5.74, 6) is -4.40. The molecule has 2 aromatic rings. The molecular formula is C17H16F3N3O. The number of pyridine rings is 1. The lowest BCUT2D eigenvalue weighted by Crippen LogP contribution is -2.23. The van der Waals surface area contributed by atoms with Crippen molar-refractivity contribution in [2.45, 2.75) is 19.8 Å². The van der Waals surface area contributed by atoms with Crippen molar-refractivity contribution in [3.05, 3.63) is 53.0 Å². The lowest BCUT2D eigenvalue weighted by molar-refractivity contribution is 0.102. The Labute approximate surface area is 137 Å². The number of aryl methyl sites for hydroxylation is 1. The number of rotatable bonds is 3. The zero-order valence-electron chi connectivity index (χ0n) is 13.1. The van der Waals surface area contributed by atoms with Crippen LogP contribution >= 0.6 is 0 Å². The van der Waals surface area contributed by atoms with Crippen molar-refractivity contribution in [2.75, 3.05) is 23.3 Å². The molecule has 1 saturated heterocycles. The fraction of sp³-hybridized carbons (Fsp3) is 0.294. The monoisotopic (exact) mass is 335 g/mol. The Morgan fingerprint density at radius 3 is 2.54 bits per heavy atom. The average Bonchev–Trinajstić information content (AvgIpc) is 3.05. The maximum Gasteiger partial charge on any atom is 0.260 e. The van der Waals surface area contributed by atoms with Gasteiger partial charge in [-0.1, -0.05) is 6.07 Å². The molecule has 0 saturated carbocycles. The normalized spacial score (nSPS) is 14.1. The molecule has 0 bridgehead atoms. The first-order valence-corrected chi connectivity index (χ1v) is 7.65.